The zero-order valence-corrected chi connectivity index (χ0v) is 13.7. The van der Waals surface area contributed by atoms with Crippen LogP contribution in [0.2, 0.25) is 0 Å². The van der Waals surface area contributed by atoms with Gasteiger partial charge in [-0.1, -0.05) is 6.07 Å². The molecule has 5 nitrogen and oxygen atoms in total. The van der Waals surface area contributed by atoms with Gasteiger partial charge in [-0.25, -0.2) is 4.98 Å². The topological polar surface area (TPSA) is 63.2 Å². The number of rotatable bonds is 6. The summed E-state index contributed by atoms with van der Waals surface area (Å²) >= 11 is 0. The summed E-state index contributed by atoms with van der Waals surface area (Å²) in [7, 11) is 1.52. The van der Waals surface area contributed by atoms with Crippen molar-refractivity contribution in [1.82, 2.24) is 10.3 Å². The molecular weight excluding hydrogens is 335 g/mol. The quantitative estimate of drug-likeness (QED) is 0.833. The number of alkyl halides is 3. The lowest BCUT2D eigenvalue weighted by Gasteiger charge is -2.15. The molecule has 1 heterocycles. The third-order valence-corrected chi connectivity index (χ3v) is 3.30. The Kier molecular flexibility index (Phi) is 5.97. The molecule has 0 aliphatic carbocycles. The first-order valence-electron chi connectivity index (χ1n) is 7.50. The molecule has 0 aliphatic rings. The molecule has 1 atom stereocenters. The SMILES string of the molecule is COCC(C)NC(=O)c1cccnc1Nc1cccc(C(F)(F)F)c1. The summed E-state index contributed by atoms with van der Waals surface area (Å²) in [5.74, 6) is -0.226. The first-order valence-corrected chi connectivity index (χ1v) is 7.50. The summed E-state index contributed by atoms with van der Waals surface area (Å²) < 4.78 is 43.4. The number of benzene rings is 1. The van der Waals surface area contributed by atoms with Crippen LogP contribution in [0, 0.1) is 0 Å². The van der Waals surface area contributed by atoms with Crippen LogP contribution in [0.3, 0.4) is 0 Å². The highest BCUT2D eigenvalue weighted by molar-refractivity contribution is 5.99. The zero-order chi connectivity index (χ0) is 18.4. The van der Waals surface area contributed by atoms with Crippen LogP contribution in [0.1, 0.15) is 22.8 Å². The fraction of sp³-hybridized carbons (Fsp3) is 0.294. The number of carbonyl (C=O) groups is 1. The molecule has 2 rings (SSSR count). The van der Waals surface area contributed by atoms with Crippen LogP contribution in [0.5, 0.6) is 0 Å². The third-order valence-electron chi connectivity index (χ3n) is 3.30. The molecule has 0 saturated heterocycles. The lowest BCUT2D eigenvalue weighted by Crippen LogP contribution is -2.36. The predicted octanol–water partition coefficient (Wildman–Crippen LogP) is 3.61. The Bertz CT molecular complexity index is 735. The van der Waals surface area contributed by atoms with Crippen LogP contribution in [-0.2, 0) is 10.9 Å². The standard InChI is InChI=1S/C17H18F3N3O2/c1-11(10-25-2)22-16(24)14-7-4-8-21-15(14)23-13-6-3-5-12(9-13)17(18,19)20/h3-9,11H,10H2,1-2H3,(H,21,23)(H,22,24). The van der Waals surface area contributed by atoms with Gasteiger partial charge in [0.1, 0.15) is 5.82 Å². The summed E-state index contributed by atoms with van der Waals surface area (Å²) in [6, 6.07) is 7.59. The van der Waals surface area contributed by atoms with Crippen molar-refractivity contribution in [3.05, 3.63) is 53.7 Å². The lowest BCUT2D eigenvalue weighted by molar-refractivity contribution is -0.137. The molecule has 134 valence electrons. The molecule has 2 aromatic rings. The van der Waals surface area contributed by atoms with Gasteiger partial charge >= 0.3 is 6.18 Å². The van der Waals surface area contributed by atoms with Gasteiger partial charge in [0.05, 0.1) is 17.7 Å². The van der Waals surface area contributed by atoms with Crippen molar-refractivity contribution >= 4 is 17.4 Å². The fourth-order valence-corrected chi connectivity index (χ4v) is 2.19. The highest BCUT2D eigenvalue weighted by atomic mass is 19.4. The maximum Gasteiger partial charge on any atom is 0.416 e. The van der Waals surface area contributed by atoms with Crippen LogP contribution in [-0.4, -0.2) is 30.6 Å². The average molecular weight is 353 g/mol. The van der Waals surface area contributed by atoms with Crippen molar-refractivity contribution in [2.24, 2.45) is 0 Å². The lowest BCUT2D eigenvalue weighted by atomic mass is 10.1. The van der Waals surface area contributed by atoms with E-state index in [1.165, 1.54) is 31.5 Å². The van der Waals surface area contributed by atoms with E-state index < -0.39 is 17.6 Å². The molecule has 0 radical (unpaired) electrons. The highest BCUT2D eigenvalue weighted by Gasteiger charge is 2.30. The molecular formula is C17H18F3N3O2. The van der Waals surface area contributed by atoms with Gasteiger partial charge in [-0.05, 0) is 37.3 Å². The number of hydrogen-bond donors (Lipinski definition) is 2. The predicted molar refractivity (Wildman–Crippen MR) is 87.8 cm³/mol. The Morgan fingerprint density at radius 1 is 1.28 bits per heavy atom. The number of nitrogens with one attached hydrogen (secondary N) is 2. The van der Waals surface area contributed by atoms with Crippen molar-refractivity contribution in [3.63, 3.8) is 0 Å². The minimum Gasteiger partial charge on any atom is -0.383 e. The first-order chi connectivity index (χ1) is 11.8. The molecule has 1 unspecified atom stereocenters. The molecule has 0 bridgehead atoms. The molecule has 25 heavy (non-hydrogen) atoms. The molecule has 8 heteroatoms. The van der Waals surface area contributed by atoms with E-state index in [9.17, 15) is 18.0 Å². The summed E-state index contributed by atoms with van der Waals surface area (Å²) in [4.78, 5) is 16.4. The Morgan fingerprint density at radius 3 is 2.72 bits per heavy atom. The maximum atomic E-state index is 12.8. The van der Waals surface area contributed by atoms with E-state index in [-0.39, 0.29) is 23.1 Å². The second-order valence-electron chi connectivity index (χ2n) is 5.43. The van der Waals surface area contributed by atoms with Crippen molar-refractivity contribution in [2.45, 2.75) is 19.1 Å². The molecule has 0 fully saturated rings. The molecule has 0 spiro atoms. The van der Waals surface area contributed by atoms with Crippen LogP contribution >= 0.6 is 0 Å². The molecule has 0 saturated carbocycles. The van der Waals surface area contributed by atoms with Gasteiger partial charge in [0.2, 0.25) is 0 Å². The van der Waals surface area contributed by atoms with E-state index in [0.717, 1.165) is 12.1 Å². The summed E-state index contributed by atoms with van der Waals surface area (Å²) in [5.41, 5.74) is -0.372. The Hall–Kier alpha value is -2.61. The highest BCUT2D eigenvalue weighted by Crippen LogP contribution is 2.31. The van der Waals surface area contributed by atoms with Crippen molar-refractivity contribution < 1.29 is 22.7 Å². The largest absolute Gasteiger partial charge is 0.416 e. The van der Waals surface area contributed by atoms with E-state index in [4.69, 9.17) is 4.74 Å². The number of halogens is 3. The van der Waals surface area contributed by atoms with Crippen LogP contribution in [0.4, 0.5) is 24.7 Å². The second-order valence-corrected chi connectivity index (χ2v) is 5.43. The van der Waals surface area contributed by atoms with E-state index in [0.29, 0.717) is 6.61 Å². The van der Waals surface area contributed by atoms with Crippen molar-refractivity contribution in [2.75, 3.05) is 19.0 Å². The summed E-state index contributed by atoms with van der Waals surface area (Å²) in [6.07, 6.45) is -3.00. The number of anilines is 2. The van der Waals surface area contributed by atoms with E-state index in [1.807, 2.05) is 0 Å². The number of hydrogen-bond acceptors (Lipinski definition) is 4. The third kappa shape index (κ3) is 5.18. The van der Waals surface area contributed by atoms with E-state index in [1.54, 1.807) is 13.0 Å². The number of aromatic nitrogens is 1. The van der Waals surface area contributed by atoms with Gasteiger partial charge in [0.15, 0.2) is 0 Å². The Morgan fingerprint density at radius 2 is 2.04 bits per heavy atom. The summed E-state index contributed by atoms with van der Waals surface area (Å²) in [6.45, 7) is 2.11. The number of carbonyl (C=O) groups excluding carboxylic acids is 1. The Balaban J connectivity index is 2.22. The monoisotopic (exact) mass is 353 g/mol. The Labute approximate surface area is 143 Å². The minimum atomic E-state index is -4.45. The van der Waals surface area contributed by atoms with Crippen LogP contribution in [0.15, 0.2) is 42.6 Å². The van der Waals surface area contributed by atoms with Gasteiger partial charge in [0, 0.05) is 25.0 Å². The van der Waals surface area contributed by atoms with Gasteiger partial charge in [-0.15, -0.1) is 0 Å². The van der Waals surface area contributed by atoms with Crippen molar-refractivity contribution in [3.8, 4) is 0 Å². The van der Waals surface area contributed by atoms with Crippen LogP contribution < -0.4 is 10.6 Å². The van der Waals surface area contributed by atoms with Gasteiger partial charge in [-0.3, -0.25) is 4.79 Å². The normalized spacial score (nSPS) is 12.5. The van der Waals surface area contributed by atoms with Gasteiger partial charge < -0.3 is 15.4 Å². The molecule has 1 aromatic carbocycles. The van der Waals surface area contributed by atoms with Crippen molar-refractivity contribution in [1.29, 1.82) is 0 Å². The second kappa shape index (κ2) is 7.98. The molecule has 0 aliphatic heterocycles. The molecule has 1 amide bonds. The van der Waals surface area contributed by atoms with E-state index >= 15 is 0 Å². The number of amides is 1. The smallest absolute Gasteiger partial charge is 0.383 e. The molecule has 1 aromatic heterocycles. The minimum absolute atomic E-state index is 0.170. The average Bonchev–Trinajstić information content (AvgIpc) is 2.55. The number of pyridine rings is 1. The maximum absolute atomic E-state index is 12.8. The van der Waals surface area contributed by atoms with E-state index in [2.05, 4.69) is 15.6 Å². The van der Waals surface area contributed by atoms with Crippen LogP contribution in [0.25, 0.3) is 0 Å². The first kappa shape index (κ1) is 18.7. The number of methoxy groups -OCH3 is 1. The van der Waals surface area contributed by atoms with Gasteiger partial charge in [0.25, 0.3) is 5.91 Å². The summed E-state index contributed by atoms with van der Waals surface area (Å²) in [5, 5.41) is 5.50. The van der Waals surface area contributed by atoms with Gasteiger partial charge in [-0.2, -0.15) is 13.2 Å². The zero-order valence-electron chi connectivity index (χ0n) is 13.7. The fourth-order valence-electron chi connectivity index (χ4n) is 2.19. The molecule has 2 N–H and O–H groups in total. The number of nitrogens with zero attached hydrogens (tertiary/aromatic N) is 1. The number of ether oxygens (including phenoxy) is 1.